The summed E-state index contributed by atoms with van der Waals surface area (Å²) < 4.78 is 19.0. The molecule has 0 bridgehead atoms. The molecule has 0 aromatic heterocycles. The van der Waals surface area contributed by atoms with Crippen LogP contribution in [-0.2, 0) is 16.1 Å². The lowest BCUT2D eigenvalue weighted by Gasteiger charge is -2.29. The van der Waals surface area contributed by atoms with E-state index in [1.165, 1.54) is 17.0 Å². The zero-order valence-corrected chi connectivity index (χ0v) is 18.4. The predicted octanol–water partition coefficient (Wildman–Crippen LogP) is 4.15. The van der Waals surface area contributed by atoms with E-state index in [2.05, 4.69) is 5.32 Å². The Hall–Kier alpha value is -2.89. The minimum Gasteiger partial charge on any atom is -0.483 e. The van der Waals surface area contributed by atoms with E-state index in [0.717, 1.165) is 23.1 Å². The summed E-state index contributed by atoms with van der Waals surface area (Å²) >= 11 is 0. The molecule has 2 amide bonds. The van der Waals surface area contributed by atoms with Crippen molar-refractivity contribution in [3.63, 3.8) is 0 Å². The van der Waals surface area contributed by atoms with Crippen molar-refractivity contribution in [2.24, 2.45) is 0 Å². The largest absolute Gasteiger partial charge is 0.483 e. The molecule has 0 aliphatic carbocycles. The van der Waals surface area contributed by atoms with Gasteiger partial charge in [-0.05, 0) is 69.0 Å². The minimum atomic E-state index is -0.696. The number of ether oxygens (including phenoxy) is 1. The number of carbonyl (C=O) groups excluding carboxylic acids is 2. The van der Waals surface area contributed by atoms with Crippen molar-refractivity contribution in [2.45, 2.75) is 59.7 Å². The maximum Gasteiger partial charge on any atom is 0.261 e. The number of nitrogens with one attached hydrogen (secondary N) is 1. The second-order valence-corrected chi connectivity index (χ2v) is 7.63. The van der Waals surface area contributed by atoms with Crippen molar-refractivity contribution < 1.29 is 18.7 Å². The van der Waals surface area contributed by atoms with Crippen molar-refractivity contribution in [1.82, 2.24) is 10.2 Å². The van der Waals surface area contributed by atoms with Crippen LogP contribution in [0.1, 0.15) is 43.9 Å². The molecule has 2 aromatic carbocycles. The van der Waals surface area contributed by atoms with Crippen LogP contribution in [0.3, 0.4) is 0 Å². The van der Waals surface area contributed by atoms with Crippen LogP contribution in [0, 0.1) is 19.7 Å². The van der Waals surface area contributed by atoms with Gasteiger partial charge in [0.2, 0.25) is 5.91 Å². The van der Waals surface area contributed by atoms with Crippen LogP contribution in [0.2, 0.25) is 0 Å². The Morgan fingerprint density at radius 1 is 1.10 bits per heavy atom. The van der Waals surface area contributed by atoms with Crippen molar-refractivity contribution in [2.75, 3.05) is 6.61 Å². The van der Waals surface area contributed by atoms with Gasteiger partial charge in [-0.1, -0.05) is 31.2 Å². The van der Waals surface area contributed by atoms with Gasteiger partial charge in [0.15, 0.2) is 6.61 Å². The lowest BCUT2D eigenvalue weighted by Crippen LogP contribution is -2.50. The van der Waals surface area contributed by atoms with Crippen LogP contribution in [0.4, 0.5) is 4.39 Å². The van der Waals surface area contributed by atoms with E-state index < -0.39 is 6.04 Å². The molecule has 0 saturated carbocycles. The number of rotatable bonds is 9. The Balaban J connectivity index is 2.17. The summed E-state index contributed by atoms with van der Waals surface area (Å²) in [7, 11) is 0. The second kappa shape index (κ2) is 10.8. The molecule has 30 heavy (non-hydrogen) atoms. The normalized spacial score (nSPS) is 12.7. The molecule has 6 heteroatoms. The molecule has 0 radical (unpaired) electrons. The van der Waals surface area contributed by atoms with E-state index in [1.807, 2.05) is 45.9 Å². The number of halogens is 1. The zero-order chi connectivity index (χ0) is 22.3. The van der Waals surface area contributed by atoms with Crippen LogP contribution in [0.5, 0.6) is 5.75 Å². The molecule has 0 heterocycles. The first-order valence-corrected chi connectivity index (χ1v) is 10.3. The third-order valence-corrected chi connectivity index (χ3v) is 5.34. The highest BCUT2D eigenvalue weighted by Gasteiger charge is 2.27. The highest BCUT2D eigenvalue weighted by molar-refractivity contribution is 5.88. The first kappa shape index (κ1) is 23.4. The first-order valence-electron chi connectivity index (χ1n) is 10.3. The van der Waals surface area contributed by atoms with Crippen molar-refractivity contribution >= 4 is 11.8 Å². The van der Waals surface area contributed by atoms with E-state index in [1.54, 1.807) is 19.1 Å². The van der Waals surface area contributed by atoms with Crippen LogP contribution < -0.4 is 10.1 Å². The molecule has 5 nitrogen and oxygen atoms in total. The topological polar surface area (TPSA) is 58.6 Å². The molecule has 162 valence electrons. The fraction of sp³-hybridized carbons (Fsp3) is 0.417. The lowest BCUT2D eigenvalue weighted by molar-refractivity contribution is -0.142. The van der Waals surface area contributed by atoms with Crippen molar-refractivity contribution in [3.05, 3.63) is 65.0 Å². The summed E-state index contributed by atoms with van der Waals surface area (Å²) in [5.41, 5.74) is 2.78. The van der Waals surface area contributed by atoms with E-state index in [9.17, 15) is 14.0 Å². The van der Waals surface area contributed by atoms with Gasteiger partial charge in [0.25, 0.3) is 5.91 Å². The average Bonchev–Trinajstić information content (AvgIpc) is 2.73. The van der Waals surface area contributed by atoms with Crippen LogP contribution >= 0.6 is 0 Å². The number of hydrogen-bond acceptors (Lipinski definition) is 3. The van der Waals surface area contributed by atoms with Gasteiger partial charge >= 0.3 is 0 Å². The van der Waals surface area contributed by atoms with Gasteiger partial charge in [0.05, 0.1) is 0 Å². The molecule has 0 saturated heterocycles. The van der Waals surface area contributed by atoms with Crippen LogP contribution in [-0.4, -0.2) is 35.4 Å². The molecule has 2 rings (SSSR count). The van der Waals surface area contributed by atoms with Crippen LogP contribution in [0.15, 0.2) is 42.5 Å². The smallest absolute Gasteiger partial charge is 0.261 e. The van der Waals surface area contributed by atoms with Gasteiger partial charge in [-0.3, -0.25) is 9.59 Å². The Morgan fingerprint density at radius 2 is 1.77 bits per heavy atom. The van der Waals surface area contributed by atoms with Crippen molar-refractivity contribution in [3.8, 4) is 5.75 Å². The first-order chi connectivity index (χ1) is 14.2. The van der Waals surface area contributed by atoms with Gasteiger partial charge in [0, 0.05) is 12.6 Å². The zero-order valence-electron chi connectivity index (χ0n) is 18.4. The highest BCUT2D eigenvalue weighted by Crippen LogP contribution is 2.21. The molecular weight excluding hydrogens is 383 g/mol. The fourth-order valence-corrected chi connectivity index (χ4v) is 2.94. The number of aryl methyl sites for hydroxylation is 1. The average molecular weight is 415 g/mol. The SMILES string of the molecule is CC[C@H](C)NC(=O)[C@H](C)N(Cc1ccc(F)cc1)C(=O)COc1cccc(C)c1C. The molecule has 2 aromatic rings. The van der Waals surface area contributed by atoms with E-state index in [-0.39, 0.29) is 36.8 Å². The quantitative estimate of drug-likeness (QED) is 0.671. The number of carbonyl (C=O) groups is 2. The lowest BCUT2D eigenvalue weighted by atomic mass is 10.1. The summed E-state index contributed by atoms with van der Waals surface area (Å²) in [6, 6.07) is 10.9. The fourth-order valence-electron chi connectivity index (χ4n) is 2.94. The number of nitrogens with zero attached hydrogens (tertiary/aromatic N) is 1. The summed E-state index contributed by atoms with van der Waals surface area (Å²) in [5.74, 6) is -0.252. The van der Waals surface area contributed by atoms with Gasteiger partial charge in [-0.2, -0.15) is 0 Å². The molecule has 1 N–H and O–H groups in total. The van der Waals surface area contributed by atoms with Gasteiger partial charge < -0.3 is 15.0 Å². The molecule has 0 spiro atoms. The summed E-state index contributed by atoms with van der Waals surface area (Å²) in [4.78, 5) is 27.2. The third kappa shape index (κ3) is 6.31. The Labute approximate surface area is 178 Å². The third-order valence-electron chi connectivity index (χ3n) is 5.34. The number of hydrogen-bond donors (Lipinski definition) is 1. The maximum atomic E-state index is 13.3. The molecule has 0 aliphatic heterocycles. The standard InChI is InChI=1S/C24H31FN2O3/c1-6-17(3)26-24(29)19(5)27(14-20-10-12-21(25)13-11-20)23(28)15-30-22-9-7-8-16(2)18(22)4/h7-13,17,19H,6,14-15H2,1-5H3,(H,26,29)/t17-,19-/m0/s1. The van der Waals surface area contributed by atoms with Gasteiger partial charge in [-0.15, -0.1) is 0 Å². The van der Waals surface area contributed by atoms with E-state index >= 15 is 0 Å². The minimum absolute atomic E-state index is 0.00826. The van der Waals surface area contributed by atoms with Gasteiger partial charge in [0.1, 0.15) is 17.6 Å². The Morgan fingerprint density at radius 3 is 2.40 bits per heavy atom. The van der Waals surface area contributed by atoms with E-state index in [0.29, 0.717) is 5.75 Å². The predicted molar refractivity (Wildman–Crippen MR) is 116 cm³/mol. The molecular formula is C24H31FN2O3. The monoisotopic (exact) mass is 414 g/mol. The summed E-state index contributed by atoms with van der Waals surface area (Å²) in [6.45, 7) is 9.50. The number of amides is 2. The Kier molecular flexibility index (Phi) is 8.39. The van der Waals surface area contributed by atoms with Crippen LogP contribution in [0.25, 0.3) is 0 Å². The number of benzene rings is 2. The molecule has 0 fully saturated rings. The highest BCUT2D eigenvalue weighted by atomic mass is 19.1. The summed E-state index contributed by atoms with van der Waals surface area (Å²) in [6.07, 6.45) is 0.792. The second-order valence-electron chi connectivity index (χ2n) is 7.63. The maximum absolute atomic E-state index is 13.3. The molecule has 0 unspecified atom stereocenters. The Bertz CT molecular complexity index is 867. The van der Waals surface area contributed by atoms with Crippen molar-refractivity contribution in [1.29, 1.82) is 0 Å². The van der Waals surface area contributed by atoms with Gasteiger partial charge in [-0.25, -0.2) is 4.39 Å². The summed E-state index contributed by atoms with van der Waals surface area (Å²) in [5, 5.41) is 2.92. The molecule has 2 atom stereocenters. The molecule has 0 aliphatic rings. The van der Waals surface area contributed by atoms with E-state index in [4.69, 9.17) is 4.74 Å².